The Labute approximate surface area is 181 Å². The first-order valence-electron chi connectivity index (χ1n) is 10.6. The lowest BCUT2D eigenvalue weighted by atomic mass is 10.0. The van der Waals surface area contributed by atoms with Crippen molar-refractivity contribution >= 4 is 28.3 Å². The van der Waals surface area contributed by atoms with Gasteiger partial charge in [-0.1, -0.05) is 36.4 Å². The molecule has 1 aliphatic heterocycles. The van der Waals surface area contributed by atoms with E-state index in [9.17, 15) is 9.59 Å². The predicted octanol–water partition coefficient (Wildman–Crippen LogP) is 4.08. The van der Waals surface area contributed by atoms with Crippen LogP contribution in [0, 0.1) is 0 Å². The highest BCUT2D eigenvalue weighted by Crippen LogP contribution is 2.27. The second kappa shape index (κ2) is 9.98. The summed E-state index contributed by atoms with van der Waals surface area (Å²) in [5, 5.41) is 7.94. The molecule has 0 saturated heterocycles. The number of rotatable bonds is 9. The zero-order valence-corrected chi connectivity index (χ0v) is 17.4. The van der Waals surface area contributed by atoms with Crippen molar-refractivity contribution in [1.82, 2.24) is 5.32 Å². The lowest BCUT2D eigenvalue weighted by Crippen LogP contribution is -2.28. The molecule has 0 aromatic heterocycles. The summed E-state index contributed by atoms with van der Waals surface area (Å²) < 4.78 is 11.6. The zero-order valence-electron chi connectivity index (χ0n) is 17.4. The molecule has 0 fully saturated rings. The van der Waals surface area contributed by atoms with Gasteiger partial charge in [-0.25, -0.2) is 0 Å². The summed E-state index contributed by atoms with van der Waals surface area (Å²) >= 11 is 0. The quantitative estimate of drug-likeness (QED) is 0.514. The van der Waals surface area contributed by atoms with Crippen molar-refractivity contribution in [2.75, 3.05) is 25.1 Å². The molecule has 0 bridgehead atoms. The molecule has 3 aromatic carbocycles. The normalized spacial score (nSPS) is 12.7. The highest BCUT2D eigenvalue weighted by Gasteiger charge is 2.15. The molecule has 0 aliphatic carbocycles. The third-order valence-electron chi connectivity index (χ3n) is 5.22. The zero-order chi connectivity index (χ0) is 21.5. The van der Waals surface area contributed by atoms with E-state index in [-0.39, 0.29) is 11.8 Å². The van der Waals surface area contributed by atoms with Gasteiger partial charge in [0.15, 0.2) is 0 Å². The number of amides is 2. The number of nitrogens with one attached hydrogen (secondary N) is 2. The van der Waals surface area contributed by atoms with E-state index in [1.165, 1.54) is 0 Å². The molecular formula is C25H26N2O4. The van der Waals surface area contributed by atoms with Crippen LogP contribution >= 0.6 is 0 Å². The van der Waals surface area contributed by atoms with Crippen molar-refractivity contribution < 1.29 is 19.1 Å². The van der Waals surface area contributed by atoms with Gasteiger partial charge in [0.05, 0.1) is 13.2 Å². The van der Waals surface area contributed by atoms with E-state index in [1.807, 2.05) is 60.7 Å². The van der Waals surface area contributed by atoms with Gasteiger partial charge in [0.2, 0.25) is 11.8 Å². The smallest absolute Gasteiger partial charge is 0.224 e. The number of carbonyl (C=O) groups excluding carboxylic acids is 2. The first kappa shape index (κ1) is 20.7. The molecule has 0 unspecified atom stereocenters. The van der Waals surface area contributed by atoms with Gasteiger partial charge in [-0.15, -0.1) is 0 Å². The van der Waals surface area contributed by atoms with Crippen LogP contribution in [0.25, 0.3) is 10.8 Å². The molecule has 1 aliphatic rings. The molecule has 1 heterocycles. The SMILES string of the molecule is O=C(CCCOc1ccc2c(c1)CCC(=O)N2)NCCOc1cccc2ccccc12. The number of anilines is 1. The average molecular weight is 418 g/mol. The standard InChI is InChI=1S/C25H26N2O4/c28-24(26-14-16-31-23-8-3-6-18-5-1-2-7-21(18)23)9-4-15-30-20-11-12-22-19(17-20)10-13-25(29)27-22/h1-3,5-8,11-12,17H,4,9-10,13-16H2,(H,26,28)(H,27,29). The molecule has 0 saturated carbocycles. The van der Waals surface area contributed by atoms with Gasteiger partial charge in [-0.2, -0.15) is 0 Å². The van der Waals surface area contributed by atoms with Crippen molar-refractivity contribution in [3.05, 3.63) is 66.2 Å². The third kappa shape index (κ3) is 5.54. The fraction of sp³-hybridized carbons (Fsp3) is 0.280. The fourth-order valence-corrected chi connectivity index (χ4v) is 3.63. The molecule has 0 spiro atoms. The van der Waals surface area contributed by atoms with E-state index >= 15 is 0 Å². The van der Waals surface area contributed by atoms with Crippen molar-refractivity contribution in [3.8, 4) is 11.5 Å². The van der Waals surface area contributed by atoms with Gasteiger partial charge in [0.1, 0.15) is 18.1 Å². The van der Waals surface area contributed by atoms with Crippen LogP contribution in [0.15, 0.2) is 60.7 Å². The highest BCUT2D eigenvalue weighted by molar-refractivity contribution is 5.94. The summed E-state index contributed by atoms with van der Waals surface area (Å²) in [4.78, 5) is 23.5. The van der Waals surface area contributed by atoms with Gasteiger partial charge in [-0.3, -0.25) is 9.59 Å². The maximum absolute atomic E-state index is 12.0. The second-order valence-electron chi connectivity index (χ2n) is 7.49. The number of hydrogen-bond donors (Lipinski definition) is 2. The van der Waals surface area contributed by atoms with Gasteiger partial charge >= 0.3 is 0 Å². The first-order chi connectivity index (χ1) is 15.2. The van der Waals surface area contributed by atoms with Gasteiger partial charge in [-0.05, 0) is 48.1 Å². The Bertz CT molecular complexity index is 1070. The summed E-state index contributed by atoms with van der Waals surface area (Å²) in [7, 11) is 0. The average Bonchev–Trinajstić information content (AvgIpc) is 2.79. The molecule has 6 nitrogen and oxygen atoms in total. The minimum Gasteiger partial charge on any atom is -0.494 e. The Hall–Kier alpha value is -3.54. The van der Waals surface area contributed by atoms with E-state index in [2.05, 4.69) is 10.6 Å². The number of ether oxygens (including phenoxy) is 2. The largest absolute Gasteiger partial charge is 0.494 e. The molecule has 3 aromatic rings. The fourth-order valence-electron chi connectivity index (χ4n) is 3.63. The summed E-state index contributed by atoms with van der Waals surface area (Å²) in [6.45, 7) is 1.34. The summed E-state index contributed by atoms with van der Waals surface area (Å²) in [6.07, 6.45) is 2.25. The van der Waals surface area contributed by atoms with E-state index in [0.717, 1.165) is 39.9 Å². The van der Waals surface area contributed by atoms with Crippen molar-refractivity contribution in [3.63, 3.8) is 0 Å². The van der Waals surface area contributed by atoms with E-state index in [0.29, 0.717) is 39.0 Å². The molecule has 31 heavy (non-hydrogen) atoms. The van der Waals surface area contributed by atoms with Gasteiger partial charge in [0, 0.05) is 23.9 Å². The molecule has 160 valence electrons. The van der Waals surface area contributed by atoms with Crippen molar-refractivity contribution in [2.24, 2.45) is 0 Å². The van der Waals surface area contributed by atoms with Crippen LogP contribution in [0.4, 0.5) is 5.69 Å². The minimum atomic E-state index is -0.0155. The molecule has 6 heteroatoms. The monoisotopic (exact) mass is 418 g/mol. The first-order valence-corrected chi connectivity index (χ1v) is 10.6. The van der Waals surface area contributed by atoms with Gasteiger partial charge < -0.3 is 20.1 Å². The Kier molecular flexibility index (Phi) is 6.67. The van der Waals surface area contributed by atoms with Crippen LogP contribution in [-0.2, 0) is 16.0 Å². The Morgan fingerprint density at radius 2 is 1.84 bits per heavy atom. The molecule has 4 rings (SSSR count). The number of aryl methyl sites for hydroxylation is 1. The molecule has 2 N–H and O–H groups in total. The minimum absolute atomic E-state index is 0.0155. The van der Waals surface area contributed by atoms with Gasteiger partial charge in [0.25, 0.3) is 0 Å². The highest BCUT2D eigenvalue weighted by atomic mass is 16.5. The van der Waals surface area contributed by atoms with Crippen LogP contribution < -0.4 is 20.1 Å². The Morgan fingerprint density at radius 3 is 2.77 bits per heavy atom. The Morgan fingerprint density at radius 1 is 0.968 bits per heavy atom. The van der Waals surface area contributed by atoms with Crippen LogP contribution in [0.3, 0.4) is 0 Å². The maximum Gasteiger partial charge on any atom is 0.224 e. The third-order valence-corrected chi connectivity index (χ3v) is 5.22. The number of benzene rings is 3. The Balaban J connectivity index is 1.13. The van der Waals surface area contributed by atoms with Crippen molar-refractivity contribution in [1.29, 1.82) is 0 Å². The number of hydrogen-bond acceptors (Lipinski definition) is 4. The molecule has 0 radical (unpaired) electrons. The maximum atomic E-state index is 12.0. The van der Waals surface area contributed by atoms with Crippen LogP contribution in [0.5, 0.6) is 11.5 Å². The molecular weight excluding hydrogens is 392 g/mol. The number of fused-ring (bicyclic) bond motifs is 2. The van der Waals surface area contributed by atoms with Crippen LogP contribution in [0.2, 0.25) is 0 Å². The van der Waals surface area contributed by atoms with E-state index in [1.54, 1.807) is 0 Å². The lowest BCUT2D eigenvalue weighted by molar-refractivity contribution is -0.121. The van der Waals surface area contributed by atoms with Crippen LogP contribution in [-0.4, -0.2) is 31.6 Å². The summed E-state index contributed by atoms with van der Waals surface area (Å²) in [6, 6.07) is 19.7. The van der Waals surface area contributed by atoms with E-state index in [4.69, 9.17) is 9.47 Å². The van der Waals surface area contributed by atoms with Crippen LogP contribution in [0.1, 0.15) is 24.8 Å². The second-order valence-corrected chi connectivity index (χ2v) is 7.49. The molecule has 0 atom stereocenters. The molecule has 2 amide bonds. The summed E-state index contributed by atoms with van der Waals surface area (Å²) in [5.74, 6) is 1.62. The van der Waals surface area contributed by atoms with E-state index < -0.39 is 0 Å². The number of carbonyl (C=O) groups is 2. The van der Waals surface area contributed by atoms with Crippen molar-refractivity contribution in [2.45, 2.75) is 25.7 Å². The summed E-state index contributed by atoms with van der Waals surface area (Å²) in [5.41, 5.74) is 1.94. The topological polar surface area (TPSA) is 76.7 Å². The lowest BCUT2D eigenvalue weighted by Gasteiger charge is -2.17. The predicted molar refractivity (Wildman–Crippen MR) is 121 cm³/mol.